The summed E-state index contributed by atoms with van der Waals surface area (Å²) in [7, 11) is 0. The molecule has 2 heterocycles. The summed E-state index contributed by atoms with van der Waals surface area (Å²) in [6.07, 6.45) is 2.61. The highest BCUT2D eigenvalue weighted by atomic mass is 16.6. The predicted octanol–water partition coefficient (Wildman–Crippen LogP) is 5.04. The van der Waals surface area contributed by atoms with Crippen LogP contribution in [0.15, 0.2) is 85.1 Å². The molecule has 7 nitrogen and oxygen atoms in total. The highest BCUT2D eigenvalue weighted by Gasteiger charge is 2.35. The third kappa shape index (κ3) is 4.73. The Hall–Kier alpha value is -4.26. The third-order valence-electron chi connectivity index (χ3n) is 5.87. The molecule has 0 bridgehead atoms. The van der Waals surface area contributed by atoms with Crippen molar-refractivity contribution in [2.75, 3.05) is 11.9 Å². The van der Waals surface area contributed by atoms with E-state index in [1.807, 2.05) is 78.9 Å². The number of para-hydroxylation sites is 2. The van der Waals surface area contributed by atoms with E-state index in [0.717, 1.165) is 34.3 Å². The molecule has 1 saturated heterocycles. The summed E-state index contributed by atoms with van der Waals surface area (Å²) >= 11 is 0. The van der Waals surface area contributed by atoms with Crippen molar-refractivity contribution in [3.05, 3.63) is 90.6 Å². The molecule has 1 aromatic heterocycles. The number of fused-ring (bicyclic) bond motifs is 1. The summed E-state index contributed by atoms with van der Waals surface area (Å²) < 4.78 is 5.45. The Morgan fingerprint density at radius 2 is 1.76 bits per heavy atom. The highest BCUT2D eigenvalue weighted by molar-refractivity contribution is 5.97. The Bertz CT molecular complexity index is 1330. The van der Waals surface area contributed by atoms with Gasteiger partial charge in [-0.05, 0) is 42.7 Å². The van der Waals surface area contributed by atoms with Crippen LogP contribution in [0.4, 0.5) is 10.5 Å². The molecule has 1 aliphatic rings. The quantitative estimate of drug-likeness (QED) is 0.459. The zero-order valence-corrected chi connectivity index (χ0v) is 18.6. The minimum atomic E-state index is -0.563. The van der Waals surface area contributed by atoms with E-state index in [-0.39, 0.29) is 12.5 Å². The van der Waals surface area contributed by atoms with E-state index in [0.29, 0.717) is 18.7 Å². The summed E-state index contributed by atoms with van der Waals surface area (Å²) in [5.41, 5.74) is 4.76. The fraction of sp³-hybridized carbons (Fsp3) is 0.185. The number of hydrogen-bond donors (Lipinski definition) is 1. The molecule has 0 aliphatic carbocycles. The Morgan fingerprint density at radius 1 is 0.971 bits per heavy atom. The molecule has 170 valence electrons. The minimum absolute atomic E-state index is 0.180. The van der Waals surface area contributed by atoms with Gasteiger partial charge >= 0.3 is 6.09 Å². The van der Waals surface area contributed by atoms with Gasteiger partial charge in [-0.15, -0.1) is 0 Å². The summed E-state index contributed by atoms with van der Waals surface area (Å²) in [4.78, 5) is 36.3. The van der Waals surface area contributed by atoms with Crippen LogP contribution in [0.5, 0.6) is 0 Å². The summed E-state index contributed by atoms with van der Waals surface area (Å²) in [5, 5.41) is 2.95. The first kappa shape index (κ1) is 21.6. The van der Waals surface area contributed by atoms with Gasteiger partial charge in [-0.25, -0.2) is 9.78 Å². The van der Waals surface area contributed by atoms with Gasteiger partial charge in [0, 0.05) is 17.8 Å². The van der Waals surface area contributed by atoms with E-state index >= 15 is 0 Å². The second kappa shape index (κ2) is 9.70. The fourth-order valence-electron chi connectivity index (χ4n) is 4.14. The molecule has 3 aromatic carbocycles. The molecule has 34 heavy (non-hydrogen) atoms. The molecule has 1 N–H and O–H groups in total. The lowest BCUT2D eigenvalue weighted by atomic mass is 10.1. The van der Waals surface area contributed by atoms with E-state index in [2.05, 4.69) is 15.3 Å². The molecule has 0 spiro atoms. The van der Waals surface area contributed by atoms with Crippen molar-refractivity contribution in [3.8, 4) is 11.3 Å². The number of likely N-dealkylation sites (tertiary alicyclic amines) is 1. The number of benzene rings is 3. The third-order valence-corrected chi connectivity index (χ3v) is 5.87. The largest absolute Gasteiger partial charge is 0.445 e. The lowest BCUT2D eigenvalue weighted by Crippen LogP contribution is -2.43. The van der Waals surface area contributed by atoms with Gasteiger partial charge in [0.2, 0.25) is 5.91 Å². The number of hydrogen-bond acceptors (Lipinski definition) is 5. The van der Waals surface area contributed by atoms with Crippen LogP contribution >= 0.6 is 0 Å². The fourth-order valence-corrected chi connectivity index (χ4v) is 4.14. The number of carbonyl (C=O) groups excluding carboxylic acids is 2. The van der Waals surface area contributed by atoms with Crippen molar-refractivity contribution in [1.82, 2.24) is 14.9 Å². The Labute approximate surface area is 197 Å². The highest BCUT2D eigenvalue weighted by Crippen LogP contribution is 2.24. The van der Waals surface area contributed by atoms with Crippen molar-refractivity contribution < 1.29 is 14.3 Å². The van der Waals surface area contributed by atoms with Crippen molar-refractivity contribution in [2.24, 2.45) is 0 Å². The molecule has 2 amide bonds. The molecular formula is C27H24N4O3. The number of carbonyl (C=O) groups is 2. The number of aromatic nitrogens is 2. The Kier molecular flexibility index (Phi) is 6.16. The molecule has 4 aromatic rings. The van der Waals surface area contributed by atoms with Crippen LogP contribution in [0.1, 0.15) is 18.4 Å². The maximum Gasteiger partial charge on any atom is 0.410 e. The summed E-state index contributed by atoms with van der Waals surface area (Å²) in [5.74, 6) is -0.226. The van der Waals surface area contributed by atoms with Crippen molar-refractivity contribution in [3.63, 3.8) is 0 Å². The molecule has 0 unspecified atom stereocenters. The monoisotopic (exact) mass is 452 g/mol. The SMILES string of the molecule is O=C(Nc1cccc(-c2cnc3ccccc3n2)c1)[C@@H]1CCCN1C(=O)OCc1ccccc1. The lowest BCUT2D eigenvalue weighted by molar-refractivity contribution is -0.120. The van der Waals surface area contributed by atoms with Crippen LogP contribution in [0.3, 0.4) is 0 Å². The second-order valence-electron chi connectivity index (χ2n) is 8.21. The van der Waals surface area contributed by atoms with Crippen LogP contribution < -0.4 is 5.32 Å². The standard InChI is InChI=1S/C27H24N4O3/c32-26(25-14-7-15-31(25)27(33)34-18-19-8-2-1-3-9-19)29-21-11-6-10-20(16-21)24-17-28-22-12-4-5-13-23(22)30-24/h1-6,8-13,16-17,25H,7,14-15,18H2,(H,29,32)/t25-/m0/s1. The van der Waals surface area contributed by atoms with Crippen LogP contribution in [-0.2, 0) is 16.1 Å². The minimum Gasteiger partial charge on any atom is -0.445 e. The zero-order valence-electron chi connectivity index (χ0n) is 18.6. The second-order valence-corrected chi connectivity index (χ2v) is 8.21. The van der Waals surface area contributed by atoms with E-state index in [1.54, 1.807) is 6.20 Å². The zero-order chi connectivity index (χ0) is 23.3. The molecular weight excluding hydrogens is 428 g/mol. The Morgan fingerprint density at radius 3 is 2.62 bits per heavy atom. The Balaban J connectivity index is 1.26. The first-order chi connectivity index (χ1) is 16.7. The number of anilines is 1. The number of ether oxygens (including phenoxy) is 1. The van der Waals surface area contributed by atoms with Gasteiger partial charge in [-0.1, -0.05) is 54.6 Å². The van der Waals surface area contributed by atoms with Gasteiger partial charge in [0.15, 0.2) is 0 Å². The van der Waals surface area contributed by atoms with Crippen LogP contribution in [0.25, 0.3) is 22.3 Å². The molecule has 1 fully saturated rings. The maximum absolute atomic E-state index is 13.0. The molecule has 7 heteroatoms. The first-order valence-electron chi connectivity index (χ1n) is 11.3. The van der Waals surface area contributed by atoms with Gasteiger partial charge in [0.05, 0.1) is 22.9 Å². The first-order valence-corrected chi connectivity index (χ1v) is 11.3. The van der Waals surface area contributed by atoms with E-state index < -0.39 is 12.1 Å². The smallest absolute Gasteiger partial charge is 0.410 e. The number of nitrogens with zero attached hydrogens (tertiary/aromatic N) is 3. The summed E-state index contributed by atoms with van der Waals surface area (Å²) in [6.45, 7) is 0.678. The lowest BCUT2D eigenvalue weighted by Gasteiger charge is -2.23. The average Bonchev–Trinajstić information content (AvgIpc) is 3.38. The molecule has 0 saturated carbocycles. The predicted molar refractivity (Wildman–Crippen MR) is 130 cm³/mol. The maximum atomic E-state index is 13.0. The number of nitrogens with one attached hydrogen (secondary N) is 1. The van der Waals surface area contributed by atoms with Crippen LogP contribution in [0, 0.1) is 0 Å². The molecule has 0 radical (unpaired) electrons. The summed E-state index contributed by atoms with van der Waals surface area (Å²) in [6, 6.07) is 24.1. The van der Waals surface area contributed by atoms with Crippen molar-refractivity contribution in [2.45, 2.75) is 25.5 Å². The van der Waals surface area contributed by atoms with Gasteiger partial charge in [0.1, 0.15) is 12.6 Å². The molecule has 1 aliphatic heterocycles. The van der Waals surface area contributed by atoms with Crippen molar-refractivity contribution >= 4 is 28.7 Å². The van der Waals surface area contributed by atoms with Gasteiger partial charge in [-0.2, -0.15) is 0 Å². The van der Waals surface area contributed by atoms with Crippen molar-refractivity contribution in [1.29, 1.82) is 0 Å². The van der Waals surface area contributed by atoms with Gasteiger partial charge in [-0.3, -0.25) is 14.7 Å². The van der Waals surface area contributed by atoms with Gasteiger partial charge in [0.25, 0.3) is 0 Å². The number of amides is 2. The normalized spacial score (nSPS) is 15.3. The average molecular weight is 453 g/mol. The van der Waals surface area contributed by atoms with Crippen LogP contribution in [-0.4, -0.2) is 39.5 Å². The molecule has 1 atom stereocenters. The molecule has 5 rings (SSSR count). The van der Waals surface area contributed by atoms with Gasteiger partial charge < -0.3 is 10.1 Å². The number of rotatable bonds is 5. The van der Waals surface area contributed by atoms with E-state index in [4.69, 9.17) is 4.74 Å². The van der Waals surface area contributed by atoms with E-state index in [1.165, 1.54) is 4.90 Å². The van der Waals surface area contributed by atoms with Crippen LogP contribution in [0.2, 0.25) is 0 Å². The topological polar surface area (TPSA) is 84.4 Å². The van der Waals surface area contributed by atoms with E-state index in [9.17, 15) is 9.59 Å².